The highest BCUT2D eigenvalue weighted by Gasteiger charge is 2.16. The lowest BCUT2D eigenvalue weighted by molar-refractivity contribution is 0.161. The molecule has 0 amide bonds. The van der Waals surface area contributed by atoms with Crippen LogP contribution in [0.25, 0.3) is 11.2 Å². The maximum absolute atomic E-state index is 9.32. The van der Waals surface area contributed by atoms with Crippen LogP contribution in [0, 0.1) is 0 Å². The Morgan fingerprint density at radius 3 is 2.80 bits per heavy atom. The minimum Gasteiger partial charge on any atom is -0.391 e. The van der Waals surface area contributed by atoms with Crippen LogP contribution in [0.1, 0.15) is 18.8 Å². The van der Waals surface area contributed by atoms with Crippen LogP contribution in [0.5, 0.6) is 0 Å². The summed E-state index contributed by atoms with van der Waals surface area (Å²) < 4.78 is 0. The molecule has 6 N–H and O–H groups in total. The van der Waals surface area contributed by atoms with Gasteiger partial charge >= 0.3 is 0 Å². The van der Waals surface area contributed by atoms with E-state index in [1.807, 2.05) is 0 Å². The molecule has 6 heteroatoms. The Kier molecular flexibility index (Phi) is 2.29. The Morgan fingerprint density at radius 2 is 2.13 bits per heavy atom. The predicted molar refractivity (Wildman–Crippen MR) is 56.9 cm³/mol. The summed E-state index contributed by atoms with van der Waals surface area (Å²) in [4.78, 5) is 11.2. The summed E-state index contributed by atoms with van der Waals surface area (Å²) in [7, 11) is 0. The number of hydrogen-bond donors (Lipinski definition) is 4. The van der Waals surface area contributed by atoms with E-state index in [0.29, 0.717) is 17.3 Å². The summed E-state index contributed by atoms with van der Waals surface area (Å²) >= 11 is 0. The van der Waals surface area contributed by atoms with Crippen LogP contribution in [0.2, 0.25) is 0 Å². The van der Waals surface area contributed by atoms with Crippen molar-refractivity contribution >= 4 is 17.0 Å². The molecule has 15 heavy (non-hydrogen) atoms. The first kappa shape index (κ1) is 9.88. The molecule has 0 saturated heterocycles. The normalized spacial score (nSPS) is 15.4. The van der Waals surface area contributed by atoms with Gasteiger partial charge in [0, 0.05) is 0 Å². The number of H-pyrrole nitrogens is 1. The third-order valence-corrected chi connectivity index (χ3v) is 2.22. The Morgan fingerprint density at radius 1 is 1.40 bits per heavy atom. The Bertz CT molecular complexity index is 478. The highest BCUT2D eigenvalue weighted by Crippen LogP contribution is 2.16. The summed E-state index contributed by atoms with van der Waals surface area (Å²) in [6, 6.07) is 2.92. The molecule has 0 aliphatic rings. The smallest absolute Gasteiger partial charge is 0.179 e. The minimum atomic E-state index is -0.664. The minimum absolute atomic E-state index is 0.408. The van der Waals surface area contributed by atoms with Crippen molar-refractivity contribution in [1.29, 1.82) is 0 Å². The molecule has 80 valence electrons. The van der Waals surface area contributed by atoms with E-state index in [2.05, 4.69) is 15.0 Å². The van der Waals surface area contributed by atoms with E-state index < -0.39 is 12.1 Å². The maximum Gasteiger partial charge on any atom is 0.179 e. The fourth-order valence-corrected chi connectivity index (χ4v) is 1.31. The SMILES string of the molecule is CC(O)C(N)c1nc2nc(N)ccc2[nH]1. The molecule has 0 fully saturated rings. The molecule has 0 radical (unpaired) electrons. The quantitative estimate of drug-likeness (QED) is 0.550. The average Bonchev–Trinajstić information content (AvgIpc) is 2.58. The maximum atomic E-state index is 9.32. The molecule has 0 aromatic carbocycles. The number of imidazole rings is 1. The number of aliphatic hydroxyl groups excluding tert-OH is 1. The van der Waals surface area contributed by atoms with Crippen molar-refractivity contribution < 1.29 is 5.11 Å². The van der Waals surface area contributed by atoms with Crippen LogP contribution in [0.15, 0.2) is 12.1 Å². The predicted octanol–water partition coefficient (Wildman–Crippen LogP) is -0.0793. The number of aliphatic hydroxyl groups is 1. The molecule has 2 heterocycles. The third-order valence-electron chi connectivity index (χ3n) is 2.22. The van der Waals surface area contributed by atoms with Crippen molar-refractivity contribution in [2.24, 2.45) is 5.73 Å². The highest BCUT2D eigenvalue weighted by atomic mass is 16.3. The number of pyridine rings is 1. The van der Waals surface area contributed by atoms with Crippen LogP contribution in [0.4, 0.5) is 5.82 Å². The number of nitrogens with two attached hydrogens (primary N) is 2. The topological polar surface area (TPSA) is 114 Å². The van der Waals surface area contributed by atoms with Crippen LogP contribution >= 0.6 is 0 Å². The largest absolute Gasteiger partial charge is 0.391 e. The molecule has 0 saturated carbocycles. The van der Waals surface area contributed by atoms with Gasteiger partial charge in [0.25, 0.3) is 0 Å². The van der Waals surface area contributed by atoms with Gasteiger partial charge in [-0.2, -0.15) is 0 Å². The number of anilines is 1. The first-order valence-corrected chi connectivity index (χ1v) is 4.63. The Labute approximate surface area is 86.3 Å². The Balaban J connectivity index is 2.47. The molecule has 0 aliphatic carbocycles. The van der Waals surface area contributed by atoms with Gasteiger partial charge < -0.3 is 21.6 Å². The van der Waals surface area contributed by atoms with Gasteiger partial charge in [-0.1, -0.05) is 0 Å². The number of nitrogens with zero attached hydrogens (tertiary/aromatic N) is 2. The lowest BCUT2D eigenvalue weighted by Gasteiger charge is -2.10. The van der Waals surface area contributed by atoms with E-state index >= 15 is 0 Å². The number of hydrogen-bond acceptors (Lipinski definition) is 5. The van der Waals surface area contributed by atoms with Gasteiger partial charge in [0.05, 0.1) is 17.7 Å². The molecule has 2 atom stereocenters. The number of nitrogen functional groups attached to an aromatic ring is 1. The zero-order valence-electron chi connectivity index (χ0n) is 8.31. The molecule has 0 bridgehead atoms. The molecule has 6 nitrogen and oxygen atoms in total. The van der Waals surface area contributed by atoms with Gasteiger partial charge in [-0.3, -0.25) is 0 Å². The van der Waals surface area contributed by atoms with E-state index in [0.717, 1.165) is 5.52 Å². The molecule has 0 spiro atoms. The first-order valence-electron chi connectivity index (χ1n) is 4.63. The van der Waals surface area contributed by atoms with Gasteiger partial charge in [0.15, 0.2) is 5.65 Å². The molecule has 0 aliphatic heterocycles. The number of aromatic nitrogens is 3. The van der Waals surface area contributed by atoms with Crippen molar-refractivity contribution in [3.63, 3.8) is 0 Å². The lowest BCUT2D eigenvalue weighted by Crippen LogP contribution is -2.24. The summed E-state index contributed by atoms with van der Waals surface area (Å²) in [5.74, 6) is 0.921. The van der Waals surface area contributed by atoms with Gasteiger partial charge in [-0.05, 0) is 19.1 Å². The van der Waals surface area contributed by atoms with Crippen LogP contribution in [-0.2, 0) is 0 Å². The van der Waals surface area contributed by atoms with Gasteiger partial charge in [0.1, 0.15) is 11.6 Å². The Hall–Kier alpha value is -1.66. The molecular formula is C9H13N5O. The number of rotatable bonds is 2. The van der Waals surface area contributed by atoms with E-state index in [1.165, 1.54) is 0 Å². The summed E-state index contributed by atoms with van der Waals surface area (Å²) in [6.07, 6.45) is -0.664. The fraction of sp³-hybridized carbons (Fsp3) is 0.333. The van der Waals surface area contributed by atoms with E-state index in [9.17, 15) is 5.11 Å². The second-order valence-corrected chi connectivity index (χ2v) is 3.50. The van der Waals surface area contributed by atoms with Crippen LogP contribution in [0.3, 0.4) is 0 Å². The van der Waals surface area contributed by atoms with E-state index in [-0.39, 0.29) is 0 Å². The van der Waals surface area contributed by atoms with Crippen molar-refractivity contribution in [1.82, 2.24) is 15.0 Å². The van der Waals surface area contributed by atoms with Gasteiger partial charge in [-0.15, -0.1) is 0 Å². The molecular weight excluding hydrogens is 194 g/mol. The zero-order valence-corrected chi connectivity index (χ0v) is 8.31. The first-order chi connectivity index (χ1) is 7.08. The fourth-order valence-electron chi connectivity index (χ4n) is 1.31. The van der Waals surface area contributed by atoms with E-state index in [1.54, 1.807) is 19.1 Å². The lowest BCUT2D eigenvalue weighted by atomic mass is 10.2. The molecule has 2 aromatic heterocycles. The van der Waals surface area contributed by atoms with Crippen molar-refractivity contribution in [3.05, 3.63) is 18.0 Å². The van der Waals surface area contributed by atoms with Crippen molar-refractivity contribution in [2.45, 2.75) is 19.1 Å². The van der Waals surface area contributed by atoms with Gasteiger partial charge in [0.2, 0.25) is 0 Å². The number of fused-ring (bicyclic) bond motifs is 1. The summed E-state index contributed by atoms with van der Waals surface area (Å²) in [5.41, 5.74) is 12.5. The monoisotopic (exact) mass is 207 g/mol. The summed E-state index contributed by atoms with van der Waals surface area (Å²) in [5, 5.41) is 9.32. The number of aromatic amines is 1. The molecule has 2 unspecified atom stereocenters. The second kappa shape index (κ2) is 3.48. The zero-order chi connectivity index (χ0) is 11.0. The van der Waals surface area contributed by atoms with Crippen molar-refractivity contribution in [3.8, 4) is 0 Å². The average molecular weight is 207 g/mol. The second-order valence-electron chi connectivity index (χ2n) is 3.50. The molecule has 2 aromatic rings. The number of nitrogens with one attached hydrogen (secondary N) is 1. The summed E-state index contributed by atoms with van der Waals surface area (Å²) in [6.45, 7) is 1.61. The van der Waals surface area contributed by atoms with E-state index in [4.69, 9.17) is 11.5 Å². The standard InChI is InChI=1S/C9H13N5O/c1-4(15)7(11)9-12-5-2-3-6(10)13-8(5)14-9/h2-4,7,15H,11H2,1H3,(H3,10,12,13,14). The van der Waals surface area contributed by atoms with Gasteiger partial charge in [-0.25, -0.2) is 9.97 Å². The van der Waals surface area contributed by atoms with Crippen LogP contribution in [-0.4, -0.2) is 26.2 Å². The third kappa shape index (κ3) is 1.77. The highest BCUT2D eigenvalue weighted by molar-refractivity contribution is 5.72. The van der Waals surface area contributed by atoms with Crippen molar-refractivity contribution in [2.75, 3.05) is 5.73 Å². The molecule has 2 rings (SSSR count). The van der Waals surface area contributed by atoms with Crippen LogP contribution < -0.4 is 11.5 Å².